The van der Waals surface area contributed by atoms with Gasteiger partial charge >= 0.3 is 5.97 Å². The molecule has 1 aliphatic heterocycles. The minimum Gasteiger partial charge on any atom is -0.448 e. The number of nitrogens with zero attached hydrogens (tertiary/aromatic N) is 2. The summed E-state index contributed by atoms with van der Waals surface area (Å²) in [6.45, 7) is 2.05. The molecule has 0 saturated carbocycles. The molecular formula is C15H15N3O3S. The van der Waals surface area contributed by atoms with Crippen LogP contribution in [-0.2, 0) is 22.4 Å². The van der Waals surface area contributed by atoms with Gasteiger partial charge in [-0.1, -0.05) is 36.5 Å². The van der Waals surface area contributed by atoms with Crippen LogP contribution in [0.2, 0.25) is 0 Å². The average Bonchev–Trinajstić information content (AvgIpc) is 2.95. The van der Waals surface area contributed by atoms with E-state index in [9.17, 15) is 9.59 Å². The van der Waals surface area contributed by atoms with Gasteiger partial charge in [0.05, 0.1) is 5.56 Å². The van der Waals surface area contributed by atoms with Crippen LogP contribution in [0.15, 0.2) is 24.3 Å². The van der Waals surface area contributed by atoms with Crippen molar-refractivity contribution in [2.75, 3.05) is 5.32 Å². The Kier molecular flexibility index (Phi) is 4.15. The molecule has 0 spiro atoms. The topological polar surface area (TPSA) is 81.2 Å². The highest BCUT2D eigenvalue weighted by Gasteiger charge is 2.31. The lowest BCUT2D eigenvalue weighted by atomic mass is 9.98. The first-order chi connectivity index (χ1) is 10.7. The van der Waals surface area contributed by atoms with E-state index in [2.05, 4.69) is 22.4 Å². The maximum Gasteiger partial charge on any atom is 0.339 e. The zero-order valence-electron chi connectivity index (χ0n) is 12.0. The molecule has 7 heteroatoms. The van der Waals surface area contributed by atoms with Crippen molar-refractivity contribution in [3.63, 3.8) is 0 Å². The minimum absolute atomic E-state index is 0.369. The number of amides is 1. The van der Waals surface area contributed by atoms with Crippen molar-refractivity contribution in [1.29, 1.82) is 0 Å². The Bertz CT molecular complexity index is 714. The second kappa shape index (κ2) is 6.23. The molecule has 0 bridgehead atoms. The van der Waals surface area contributed by atoms with Crippen LogP contribution in [0, 0.1) is 0 Å². The van der Waals surface area contributed by atoms with Crippen LogP contribution in [0.1, 0.15) is 34.3 Å². The summed E-state index contributed by atoms with van der Waals surface area (Å²) in [5.74, 6) is -0.840. The summed E-state index contributed by atoms with van der Waals surface area (Å²) in [4.78, 5) is 24.2. The number of benzene rings is 1. The van der Waals surface area contributed by atoms with E-state index < -0.39 is 12.1 Å². The van der Waals surface area contributed by atoms with Gasteiger partial charge < -0.3 is 4.74 Å². The van der Waals surface area contributed by atoms with Gasteiger partial charge in [0.1, 0.15) is 5.01 Å². The second-order valence-corrected chi connectivity index (χ2v) is 6.06. The zero-order chi connectivity index (χ0) is 15.5. The summed E-state index contributed by atoms with van der Waals surface area (Å²) in [7, 11) is 0. The van der Waals surface area contributed by atoms with E-state index in [4.69, 9.17) is 4.74 Å². The van der Waals surface area contributed by atoms with Crippen LogP contribution in [0.3, 0.4) is 0 Å². The largest absolute Gasteiger partial charge is 0.448 e. The highest BCUT2D eigenvalue weighted by Crippen LogP contribution is 2.22. The minimum atomic E-state index is -0.832. The molecule has 1 N–H and O–H groups in total. The maximum absolute atomic E-state index is 12.2. The Hall–Kier alpha value is -2.28. The number of esters is 1. The molecule has 1 atom stereocenters. The van der Waals surface area contributed by atoms with Gasteiger partial charge in [-0.25, -0.2) is 4.79 Å². The highest BCUT2D eigenvalue weighted by molar-refractivity contribution is 7.15. The number of carbonyl (C=O) groups is 2. The Labute approximate surface area is 131 Å². The van der Waals surface area contributed by atoms with Crippen molar-refractivity contribution in [1.82, 2.24) is 10.2 Å². The van der Waals surface area contributed by atoms with Crippen molar-refractivity contribution in [3.8, 4) is 0 Å². The SMILES string of the molecule is CCCc1nnc(NC(=O)[C@H]2Cc3ccccc3C(=O)O2)s1. The van der Waals surface area contributed by atoms with Crippen molar-refractivity contribution < 1.29 is 14.3 Å². The lowest BCUT2D eigenvalue weighted by Crippen LogP contribution is -2.37. The Morgan fingerprint density at radius 3 is 3.05 bits per heavy atom. The van der Waals surface area contributed by atoms with Gasteiger partial charge in [-0.2, -0.15) is 0 Å². The molecule has 1 amide bonds. The number of cyclic esters (lactones) is 1. The second-order valence-electron chi connectivity index (χ2n) is 5.00. The van der Waals surface area contributed by atoms with Crippen LogP contribution < -0.4 is 5.32 Å². The van der Waals surface area contributed by atoms with E-state index in [1.165, 1.54) is 11.3 Å². The fraction of sp³-hybridized carbons (Fsp3) is 0.333. The van der Waals surface area contributed by atoms with E-state index >= 15 is 0 Å². The normalized spacial score (nSPS) is 16.8. The van der Waals surface area contributed by atoms with Crippen molar-refractivity contribution in [2.45, 2.75) is 32.3 Å². The molecule has 22 heavy (non-hydrogen) atoms. The summed E-state index contributed by atoms with van der Waals surface area (Å²) in [6.07, 6.45) is 1.34. The molecule has 1 aliphatic rings. The predicted molar refractivity (Wildman–Crippen MR) is 81.9 cm³/mol. The van der Waals surface area contributed by atoms with Crippen LogP contribution >= 0.6 is 11.3 Å². The van der Waals surface area contributed by atoms with Crippen molar-refractivity contribution >= 4 is 28.3 Å². The summed E-state index contributed by atoms with van der Waals surface area (Å²) in [5.41, 5.74) is 1.34. The van der Waals surface area contributed by atoms with Crippen molar-refractivity contribution in [3.05, 3.63) is 40.4 Å². The monoisotopic (exact) mass is 317 g/mol. The van der Waals surface area contributed by atoms with Crippen molar-refractivity contribution in [2.24, 2.45) is 0 Å². The number of anilines is 1. The molecule has 114 valence electrons. The third-order valence-electron chi connectivity index (χ3n) is 3.35. The molecule has 1 aromatic carbocycles. The molecule has 3 rings (SSSR count). The third-order valence-corrected chi connectivity index (χ3v) is 4.24. The first kappa shape index (κ1) is 14.6. The smallest absolute Gasteiger partial charge is 0.339 e. The summed E-state index contributed by atoms with van der Waals surface area (Å²) in [6, 6.07) is 7.15. The molecule has 0 aliphatic carbocycles. The number of ether oxygens (including phenoxy) is 1. The number of hydrogen-bond donors (Lipinski definition) is 1. The quantitative estimate of drug-likeness (QED) is 0.874. The van der Waals surface area contributed by atoms with Gasteiger partial charge in [0.15, 0.2) is 6.10 Å². The van der Waals surface area contributed by atoms with E-state index in [1.807, 2.05) is 12.1 Å². The molecule has 6 nitrogen and oxygen atoms in total. The summed E-state index contributed by atoms with van der Waals surface area (Å²) >= 11 is 1.34. The lowest BCUT2D eigenvalue weighted by molar-refractivity contribution is -0.125. The van der Waals surface area contributed by atoms with E-state index in [0.717, 1.165) is 23.4 Å². The third kappa shape index (κ3) is 2.99. The van der Waals surface area contributed by atoms with Gasteiger partial charge in [-0.3, -0.25) is 10.1 Å². The molecule has 0 unspecified atom stereocenters. The Morgan fingerprint density at radius 1 is 1.41 bits per heavy atom. The first-order valence-electron chi connectivity index (χ1n) is 7.09. The summed E-state index contributed by atoms with van der Waals surface area (Å²) < 4.78 is 5.21. The predicted octanol–water partition coefficient (Wildman–Crippen LogP) is 2.21. The van der Waals surface area contributed by atoms with Crippen LogP contribution in [0.5, 0.6) is 0 Å². The van der Waals surface area contributed by atoms with E-state index in [-0.39, 0.29) is 5.91 Å². The van der Waals surface area contributed by atoms with Gasteiger partial charge in [0.2, 0.25) is 5.13 Å². The fourth-order valence-corrected chi connectivity index (χ4v) is 3.13. The first-order valence-corrected chi connectivity index (χ1v) is 7.91. The Morgan fingerprint density at radius 2 is 2.23 bits per heavy atom. The number of nitrogens with one attached hydrogen (secondary N) is 1. The number of carbonyl (C=O) groups excluding carboxylic acids is 2. The molecule has 0 fully saturated rings. The number of hydrogen-bond acceptors (Lipinski definition) is 6. The lowest BCUT2D eigenvalue weighted by Gasteiger charge is -2.23. The fourth-order valence-electron chi connectivity index (χ4n) is 2.28. The molecular weight excluding hydrogens is 302 g/mol. The van der Waals surface area contributed by atoms with E-state index in [0.29, 0.717) is 17.1 Å². The van der Waals surface area contributed by atoms with Crippen LogP contribution in [0.25, 0.3) is 0 Å². The molecule has 0 saturated heterocycles. The maximum atomic E-state index is 12.2. The standard InChI is InChI=1S/C15H15N3O3S/c1-2-5-12-17-18-15(22-12)16-13(19)11-8-9-6-3-4-7-10(9)14(20)21-11/h3-4,6-7,11H,2,5,8H2,1H3,(H,16,18,19)/t11-/m1/s1. The molecule has 0 radical (unpaired) electrons. The van der Waals surface area contributed by atoms with Gasteiger partial charge in [0, 0.05) is 12.8 Å². The van der Waals surface area contributed by atoms with Gasteiger partial charge in [0.25, 0.3) is 5.91 Å². The Balaban J connectivity index is 1.69. The van der Waals surface area contributed by atoms with Gasteiger partial charge in [-0.05, 0) is 18.1 Å². The number of aryl methyl sites for hydroxylation is 1. The number of fused-ring (bicyclic) bond motifs is 1. The molecule has 1 aromatic heterocycles. The van der Waals surface area contributed by atoms with E-state index in [1.54, 1.807) is 12.1 Å². The average molecular weight is 317 g/mol. The zero-order valence-corrected chi connectivity index (χ0v) is 12.9. The van der Waals surface area contributed by atoms with Crippen LogP contribution in [0.4, 0.5) is 5.13 Å². The summed E-state index contributed by atoms with van der Waals surface area (Å²) in [5, 5.41) is 11.9. The highest BCUT2D eigenvalue weighted by atomic mass is 32.1. The molecule has 2 aromatic rings. The molecule has 2 heterocycles. The van der Waals surface area contributed by atoms with Gasteiger partial charge in [-0.15, -0.1) is 10.2 Å². The number of aromatic nitrogens is 2. The number of rotatable bonds is 4. The van der Waals surface area contributed by atoms with Crippen LogP contribution in [-0.4, -0.2) is 28.2 Å².